The second kappa shape index (κ2) is 3.90. The summed E-state index contributed by atoms with van der Waals surface area (Å²) in [7, 11) is -3.12. The van der Waals surface area contributed by atoms with Crippen molar-refractivity contribution >= 4 is 16.1 Å². The van der Waals surface area contributed by atoms with Crippen molar-refractivity contribution in [3.63, 3.8) is 0 Å². The zero-order valence-corrected chi connectivity index (χ0v) is 10.7. The molecule has 4 nitrogen and oxygen atoms in total. The molecule has 0 radical (unpaired) electrons. The lowest BCUT2D eigenvalue weighted by molar-refractivity contribution is -0.129. The standard InChI is InChI=1S/C13H14O4S/c14-7-13(8-17-9-13)11-3-4-12-10(6-11)2-1-5-18(12,15)16/h3-4,6-7H,1-2,5,8-9H2. The van der Waals surface area contributed by atoms with Crippen LogP contribution in [0, 0.1) is 0 Å². The molecule has 0 aliphatic carbocycles. The van der Waals surface area contributed by atoms with E-state index in [2.05, 4.69) is 0 Å². The lowest BCUT2D eigenvalue weighted by atomic mass is 9.79. The van der Waals surface area contributed by atoms with E-state index in [1.54, 1.807) is 12.1 Å². The minimum absolute atomic E-state index is 0.223. The van der Waals surface area contributed by atoms with Gasteiger partial charge in [0.25, 0.3) is 0 Å². The van der Waals surface area contributed by atoms with Crippen LogP contribution in [0.5, 0.6) is 0 Å². The van der Waals surface area contributed by atoms with Gasteiger partial charge in [0, 0.05) is 0 Å². The molecule has 3 rings (SSSR count). The zero-order chi connectivity index (χ0) is 12.8. The van der Waals surface area contributed by atoms with Gasteiger partial charge < -0.3 is 9.53 Å². The molecule has 0 atom stereocenters. The van der Waals surface area contributed by atoms with Crippen LogP contribution in [-0.2, 0) is 31.2 Å². The smallest absolute Gasteiger partial charge is 0.178 e. The second-order valence-corrected chi connectivity index (χ2v) is 7.09. The van der Waals surface area contributed by atoms with Crippen LogP contribution < -0.4 is 0 Å². The summed E-state index contributed by atoms with van der Waals surface area (Å²) in [5, 5.41) is 0. The molecule has 96 valence electrons. The molecule has 2 heterocycles. The van der Waals surface area contributed by atoms with Gasteiger partial charge in [-0.05, 0) is 30.0 Å². The molecule has 0 saturated carbocycles. The zero-order valence-electron chi connectivity index (χ0n) is 9.89. The molecule has 1 saturated heterocycles. The molecule has 5 heteroatoms. The Morgan fingerprint density at radius 2 is 2.06 bits per heavy atom. The van der Waals surface area contributed by atoms with Crippen LogP contribution in [-0.4, -0.2) is 33.7 Å². The number of benzene rings is 1. The van der Waals surface area contributed by atoms with Crippen molar-refractivity contribution in [3.05, 3.63) is 29.3 Å². The van der Waals surface area contributed by atoms with Crippen LogP contribution in [0.3, 0.4) is 0 Å². The maximum absolute atomic E-state index is 11.9. The van der Waals surface area contributed by atoms with E-state index in [1.165, 1.54) is 0 Å². The molecule has 0 unspecified atom stereocenters. The summed E-state index contributed by atoms with van der Waals surface area (Å²) in [5.41, 5.74) is 1.16. The topological polar surface area (TPSA) is 60.4 Å². The third-order valence-corrected chi connectivity index (χ3v) is 5.67. The van der Waals surface area contributed by atoms with Gasteiger partial charge in [0.05, 0.1) is 29.3 Å². The van der Waals surface area contributed by atoms with Crippen molar-refractivity contribution in [1.82, 2.24) is 0 Å². The largest absolute Gasteiger partial charge is 0.379 e. The SMILES string of the molecule is O=CC1(c2ccc3c(c2)CCCS3(=O)=O)COC1. The number of rotatable bonds is 2. The number of carbonyl (C=O) groups is 1. The third kappa shape index (κ3) is 1.61. The van der Waals surface area contributed by atoms with Crippen LogP contribution in [0.1, 0.15) is 17.5 Å². The number of sulfone groups is 1. The summed E-state index contributed by atoms with van der Waals surface area (Å²) in [6, 6.07) is 5.25. The van der Waals surface area contributed by atoms with E-state index in [-0.39, 0.29) is 5.75 Å². The van der Waals surface area contributed by atoms with Crippen LogP contribution in [0.25, 0.3) is 0 Å². The Kier molecular flexibility index (Phi) is 2.57. The highest BCUT2D eigenvalue weighted by Crippen LogP contribution is 2.34. The number of aryl methyl sites for hydroxylation is 1. The lowest BCUT2D eigenvalue weighted by Gasteiger charge is -2.37. The fraction of sp³-hybridized carbons (Fsp3) is 0.462. The quantitative estimate of drug-likeness (QED) is 0.745. The van der Waals surface area contributed by atoms with Gasteiger partial charge >= 0.3 is 0 Å². The van der Waals surface area contributed by atoms with Crippen molar-refractivity contribution in [2.75, 3.05) is 19.0 Å². The van der Waals surface area contributed by atoms with Gasteiger partial charge in [-0.3, -0.25) is 0 Å². The van der Waals surface area contributed by atoms with E-state index < -0.39 is 15.3 Å². The van der Waals surface area contributed by atoms with Crippen molar-refractivity contribution < 1.29 is 17.9 Å². The van der Waals surface area contributed by atoms with Crippen LogP contribution in [0.2, 0.25) is 0 Å². The second-order valence-electron chi connectivity index (χ2n) is 5.01. The van der Waals surface area contributed by atoms with Gasteiger partial charge in [-0.25, -0.2) is 8.42 Å². The average molecular weight is 266 g/mol. The molecule has 0 amide bonds. The number of ether oxygens (including phenoxy) is 1. The van der Waals surface area contributed by atoms with Crippen molar-refractivity contribution in [1.29, 1.82) is 0 Å². The summed E-state index contributed by atoms with van der Waals surface area (Å²) in [6.45, 7) is 0.782. The average Bonchev–Trinajstić information content (AvgIpc) is 2.27. The monoisotopic (exact) mass is 266 g/mol. The Morgan fingerprint density at radius 1 is 1.28 bits per heavy atom. The number of carbonyl (C=O) groups excluding carboxylic acids is 1. The van der Waals surface area contributed by atoms with Gasteiger partial charge in [0.15, 0.2) is 9.84 Å². The molecule has 0 spiro atoms. The Morgan fingerprint density at radius 3 is 2.67 bits per heavy atom. The molecule has 2 aliphatic heterocycles. The summed E-state index contributed by atoms with van der Waals surface area (Å²) in [4.78, 5) is 11.6. The van der Waals surface area contributed by atoms with E-state index >= 15 is 0 Å². The van der Waals surface area contributed by atoms with E-state index in [4.69, 9.17) is 4.74 Å². The Hall–Kier alpha value is -1.20. The van der Waals surface area contributed by atoms with Gasteiger partial charge in [0.1, 0.15) is 6.29 Å². The Balaban J connectivity index is 2.09. The maximum Gasteiger partial charge on any atom is 0.178 e. The van der Waals surface area contributed by atoms with Crippen molar-refractivity contribution in [3.8, 4) is 0 Å². The highest BCUT2D eigenvalue weighted by Gasteiger charge is 2.41. The molecule has 1 aromatic rings. The first-order valence-corrected chi connectivity index (χ1v) is 7.63. The Bertz CT molecular complexity index is 599. The maximum atomic E-state index is 11.9. The molecule has 1 fully saturated rings. The molecular formula is C13H14O4S. The Labute approximate surface area is 106 Å². The van der Waals surface area contributed by atoms with Crippen LogP contribution in [0.4, 0.5) is 0 Å². The summed E-state index contributed by atoms with van der Waals surface area (Å²) < 4.78 is 28.9. The lowest BCUT2D eigenvalue weighted by Crippen LogP contribution is -2.48. The number of hydrogen-bond acceptors (Lipinski definition) is 4. The molecule has 1 aromatic carbocycles. The van der Waals surface area contributed by atoms with E-state index in [0.717, 1.165) is 23.8 Å². The normalized spacial score (nSPS) is 23.8. The predicted octanol–water partition coefficient (Wildman–Crippen LogP) is 0.873. The van der Waals surface area contributed by atoms with Crippen molar-refractivity contribution in [2.45, 2.75) is 23.2 Å². The van der Waals surface area contributed by atoms with Crippen molar-refractivity contribution in [2.24, 2.45) is 0 Å². The molecule has 18 heavy (non-hydrogen) atoms. The summed E-state index contributed by atoms with van der Waals surface area (Å²) in [6.07, 6.45) is 2.33. The first-order valence-electron chi connectivity index (χ1n) is 5.98. The van der Waals surface area contributed by atoms with Crippen LogP contribution >= 0.6 is 0 Å². The number of fused-ring (bicyclic) bond motifs is 1. The molecule has 0 bridgehead atoms. The molecule has 2 aliphatic rings. The first kappa shape index (κ1) is 11.9. The molecular weight excluding hydrogens is 252 g/mol. The molecule has 0 N–H and O–H groups in total. The van der Waals surface area contributed by atoms with Crippen LogP contribution in [0.15, 0.2) is 23.1 Å². The van der Waals surface area contributed by atoms with E-state index in [9.17, 15) is 13.2 Å². The fourth-order valence-electron chi connectivity index (χ4n) is 2.58. The first-order chi connectivity index (χ1) is 8.57. The van der Waals surface area contributed by atoms with Gasteiger partial charge in [0.2, 0.25) is 0 Å². The minimum Gasteiger partial charge on any atom is -0.379 e. The highest BCUT2D eigenvalue weighted by atomic mass is 32.2. The minimum atomic E-state index is -3.12. The third-order valence-electron chi connectivity index (χ3n) is 3.77. The molecule has 0 aromatic heterocycles. The van der Waals surface area contributed by atoms with Gasteiger partial charge in [-0.1, -0.05) is 12.1 Å². The fourth-order valence-corrected chi connectivity index (χ4v) is 4.16. The number of aldehydes is 1. The summed E-state index contributed by atoms with van der Waals surface area (Å²) >= 11 is 0. The number of hydrogen-bond donors (Lipinski definition) is 0. The van der Waals surface area contributed by atoms with Gasteiger partial charge in [-0.2, -0.15) is 0 Å². The van der Waals surface area contributed by atoms with E-state index in [0.29, 0.717) is 24.5 Å². The summed E-state index contributed by atoms with van der Waals surface area (Å²) in [5.74, 6) is 0.223. The predicted molar refractivity (Wildman–Crippen MR) is 65.4 cm³/mol. The van der Waals surface area contributed by atoms with E-state index in [1.807, 2.05) is 6.07 Å². The highest BCUT2D eigenvalue weighted by molar-refractivity contribution is 7.91. The van der Waals surface area contributed by atoms with Gasteiger partial charge in [-0.15, -0.1) is 0 Å².